The number of hydrogen-bond donors (Lipinski definition) is 2. The van der Waals surface area contributed by atoms with E-state index in [4.69, 9.17) is 5.26 Å². The third-order valence-electron chi connectivity index (χ3n) is 4.75. The Morgan fingerprint density at radius 1 is 0.966 bits per heavy atom. The monoisotopic (exact) mass is 378 g/mol. The molecule has 1 amide bonds. The standard InChI is InChI=1S/C24H18N4O/c1-16(18-13-11-17(15-25)12-14-18)27-28-24(29)23-22(19-7-3-2-4-8-19)20-9-5-6-10-21(20)26-23/h2-14,26H,1H3,(H,28,29)/b27-16+. The van der Waals surface area contributed by atoms with Crippen molar-refractivity contribution in [3.8, 4) is 17.2 Å². The van der Waals surface area contributed by atoms with Crippen LogP contribution in [0.15, 0.2) is 84.0 Å². The van der Waals surface area contributed by atoms with Crippen molar-refractivity contribution in [2.75, 3.05) is 0 Å². The largest absolute Gasteiger partial charge is 0.350 e. The van der Waals surface area contributed by atoms with Gasteiger partial charge in [-0.25, -0.2) is 5.43 Å². The van der Waals surface area contributed by atoms with E-state index >= 15 is 0 Å². The van der Waals surface area contributed by atoms with Gasteiger partial charge in [-0.2, -0.15) is 10.4 Å². The topological polar surface area (TPSA) is 81.0 Å². The Morgan fingerprint density at radius 3 is 2.38 bits per heavy atom. The van der Waals surface area contributed by atoms with Crippen molar-refractivity contribution < 1.29 is 4.79 Å². The number of nitrogens with one attached hydrogen (secondary N) is 2. The van der Waals surface area contributed by atoms with Crippen molar-refractivity contribution >= 4 is 22.5 Å². The van der Waals surface area contributed by atoms with Crippen LogP contribution >= 0.6 is 0 Å². The molecule has 3 aromatic carbocycles. The molecule has 1 heterocycles. The molecule has 0 atom stereocenters. The number of hydrogen-bond acceptors (Lipinski definition) is 3. The molecule has 0 radical (unpaired) electrons. The molecule has 0 saturated heterocycles. The van der Waals surface area contributed by atoms with Crippen LogP contribution in [-0.4, -0.2) is 16.6 Å². The molecule has 0 aliphatic heterocycles. The van der Waals surface area contributed by atoms with Gasteiger partial charge in [-0.3, -0.25) is 4.79 Å². The zero-order valence-electron chi connectivity index (χ0n) is 15.8. The number of hydrazone groups is 1. The number of benzene rings is 3. The minimum Gasteiger partial charge on any atom is -0.350 e. The van der Waals surface area contributed by atoms with E-state index < -0.39 is 0 Å². The SMILES string of the molecule is C/C(=N\NC(=O)c1[nH]c2ccccc2c1-c1ccccc1)c1ccc(C#N)cc1. The number of carbonyl (C=O) groups excluding carboxylic acids is 1. The van der Waals surface area contributed by atoms with E-state index in [0.717, 1.165) is 27.6 Å². The van der Waals surface area contributed by atoms with Gasteiger partial charge in [0.2, 0.25) is 0 Å². The number of nitrogens with zero attached hydrogens (tertiary/aromatic N) is 2. The third kappa shape index (κ3) is 3.64. The Labute approximate surface area is 168 Å². The number of aromatic amines is 1. The molecule has 0 bridgehead atoms. The van der Waals surface area contributed by atoms with E-state index in [9.17, 15) is 4.79 Å². The predicted molar refractivity (Wildman–Crippen MR) is 115 cm³/mol. The summed E-state index contributed by atoms with van der Waals surface area (Å²) >= 11 is 0. The molecule has 1 aromatic heterocycles. The molecule has 0 fully saturated rings. The second kappa shape index (κ2) is 7.83. The lowest BCUT2D eigenvalue weighted by molar-refractivity contribution is 0.0951. The van der Waals surface area contributed by atoms with Gasteiger partial charge in [0.25, 0.3) is 5.91 Å². The lowest BCUT2D eigenvalue weighted by Gasteiger charge is -2.06. The number of fused-ring (bicyclic) bond motifs is 1. The van der Waals surface area contributed by atoms with Crippen molar-refractivity contribution in [3.63, 3.8) is 0 Å². The second-order valence-corrected chi connectivity index (χ2v) is 6.61. The first-order valence-electron chi connectivity index (χ1n) is 9.18. The zero-order chi connectivity index (χ0) is 20.2. The highest BCUT2D eigenvalue weighted by Crippen LogP contribution is 2.32. The maximum atomic E-state index is 13.0. The molecular weight excluding hydrogens is 360 g/mol. The van der Waals surface area contributed by atoms with Crippen molar-refractivity contribution in [1.82, 2.24) is 10.4 Å². The number of amides is 1. The highest BCUT2D eigenvalue weighted by Gasteiger charge is 2.18. The number of aromatic nitrogens is 1. The van der Waals surface area contributed by atoms with E-state index in [1.54, 1.807) is 12.1 Å². The second-order valence-electron chi connectivity index (χ2n) is 6.61. The van der Waals surface area contributed by atoms with Gasteiger partial charge < -0.3 is 4.98 Å². The molecule has 2 N–H and O–H groups in total. The normalized spacial score (nSPS) is 11.2. The molecule has 140 valence electrons. The van der Waals surface area contributed by atoms with Crippen molar-refractivity contribution in [2.24, 2.45) is 5.10 Å². The first-order chi connectivity index (χ1) is 14.2. The molecule has 29 heavy (non-hydrogen) atoms. The quantitative estimate of drug-likeness (QED) is 0.393. The molecule has 0 aliphatic carbocycles. The van der Waals surface area contributed by atoms with Gasteiger partial charge in [0.15, 0.2) is 0 Å². The summed E-state index contributed by atoms with van der Waals surface area (Å²) in [5, 5.41) is 14.1. The molecule has 0 unspecified atom stereocenters. The Hall–Kier alpha value is -4.17. The molecule has 4 aromatic rings. The minimum absolute atomic E-state index is 0.312. The smallest absolute Gasteiger partial charge is 0.288 e. The molecular formula is C24H18N4O. The first-order valence-corrected chi connectivity index (χ1v) is 9.18. The van der Waals surface area contributed by atoms with Gasteiger partial charge in [0.05, 0.1) is 17.3 Å². The molecule has 0 spiro atoms. The summed E-state index contributed by atoms with van der Waals surface area (Å²) in [5.74, 6) is -0.312. The maximum Gasteiger partial charge on any atom is 0.288 e. The van der Waals surface area contributed by atoms with Crippen LogP contribution in [0, 0.1) is 11.3 Å². The van der Waals surface area contributed by atoms with Gasteiger partial charge in [-0.1, -0.05) is 60.7 Å². The fourth-order valence-electron chi connectivity index (χ4n) is 3.26. The Bertz CT molecular complexity index is 1250. The lowest BCUT2D eigenvalue weighted by Crippen LogP contribution is -2.20. The number of nitriles is 1. The number of para-hydroxylation sites is 1. The van der Waals surface area contributed by atoms with Gasteiger partial charge >= 0.3 is 0 Å². The van der Waals surface area contributed by atoms with Crippen LogP contribution in [0.4, 0.5) is 0 Å². The van der Waals surface area contributed by atoms with Crippen LogP contribution in [0.25, 0.3) is 22.0 Å². The number of H-pyrrole nitrogens is 1. The van der Waals surface area contributed by atoms with E-state index in [1.165, 1.54) is 0 Å². The van der Waals surface area contributed by atoms with E-state index in [1.807, 2.05) is 73.7 Å². The van der Waals surface area contributed by atoms with E-state index in [2.05, 4.69) is 21.6 Å². The molecule has 5 heteroatoms. The molecule has 5 nitrogen and oxygen atoms in total. The summed E-state index contributed by atoms with van der Waals surface area (Å²) in [6.45, 7) is 1.81. The zero-order valence-corrected chi connectivity index (χ0v) is 15.8. The Kier molecular flexibility index (Phi) is 4.91. The summed E-state index contributed by atoms with van der Waals surface area (Å²) in [6.07, 6.45) is 0. The average molecular weight is 378 g/mol. The van der Waals surface area contributed by atoms with Crippen LogP contribution in [0.5, 0.6) is 0 Å². The number of rotatable bonds is 4. The summed E-state index contributed by atoms with van der Waals surface area (Å²) in [5.41, 5.74) is 7.89. The fraction of sp³-hybridized carbons (Fsp3) is 0.0417. The van der Waals surface area contributed by atoms with E-state index in [0.29, 0.717) is 17.0 Å². The maximum absolute atomic E-state index is 13.0. The summed E-state index contributed by atoms with van der Waals surface area (Å²) < 4.78 is 0. The number of carbonyl (C=O) groups is 1. The summed E-state index contributed by atoms with van der Waals surface area (Å²) in [6, 6.07) is 26.8. The van der Waals surface area contributed by atoms with E-state index in [-0.39, 0.29) is 5.91 Å². The predicted octanol–water partition coefficient (Wildman–Crippen LogP) is 4.86. The van der Waals surface area contributed by atoms with Crippen LogP contribution in [0.1, 0.15) is 28.5 Å². The van der Waals surface area contributed by atoms with Gasteiger partial charge in [-0.05, 0) is 36.2 Å². The Morgan fingerprint density at radius 2 is 1.66 bits per heavy atom. The van der Waals surface area contributed by atoms with Crippen LogP contribution in [0.3, 0.4) is 0 Å². The first kappa shape index (κ1) is 18.2. The van der Waals surface area contributed by atoms with Crippen LogP contribution < -0.4 is 5.43 Å². The molecule has 0 saturated carbocycles. The van der Waals surface area contributed by atoms with Crippen LogP contribution in [-0.2, 0) is 0 Å². The minimum atomic E-state index is -0.312. The fourth-order valence-corrected chi connectivity index (χ4v) is 3.26. The molecule has 0 aliphatic rings. The van der Waals surface area contributed by atoms with Crippen molar-refractivity contribution in [1.29, 1.82) is 5.26 Å². The average Bonchev–Trinajstić information content (AvgIpc) is 3.17. The lowest BCUT2D eigenvalue weighted by atomic mass is 10.0. The van der Waals surface area contributed by atoms with Crippen molar-refractivity contribution in [2.45, 2.75) is 6.92 Å². The van der Waals surface area contributed by atoms with Crippen molar-refractivity contribution in [3.05, 3.63) is 95.7 Å². The highest BCUT2D eigenvalue weighted by molar-refractivity contribution is 6.10. The molecule has 4 rings (SSSR count). The third-order valence-corrected chi connectivity index (χ3v) is 4.75. The Balaban J connectivity index is 1.67. The van der Waals surface area contributed by atoms with Crippen LogP contribution in [0.2, 0.25) is 0 Å². The van der Waals surface area contributed by atoms with Gasteiger partial charge in [-0.15, -0.1) is 0 Å². The summed E-state index contributed by atoms with van der Waals surface area (Å²) in [4.78, 5) is 16.2. The van der Waals surface area contributed by atoms with Gasteiger partial charge in [0.1, 0.15) is 5.69 Å². The highest BCUT2D eigenvalue weighted by atomic mass is 16.2. The van der Waals surface area contributed by atoms with Gasteiger partial charge in [0, 0.05) is 16.5 Å². The summed E-state index contributed by atoms with van der Waals surface area (Å²) in [7, 11) is 0.